The first-order chi connectivity index (χ1) is 67.0. The number of benzene rings is 2. The van der Waals surface area contributed by atoms with E-state index in [0.717, 1.165) is 149 Å². The molecule has 9 atom stereocenters. The van der Waals surface area contributed by atoms with Crippen LogP contribution in [0.2, 0.25) is 0 Å². The summed E-state index contributed by atoms with van der Waals surface area (Å²) in [6, 6.07) is 5.66. The third-order valence-electron chi connectivity index (χ3n) is 24.2. The van der Waals surface area contributed by atoms with Gasteiger partial charge in [-0.3, -0.25) is 47.9 Å². The van der Waals surface area contributed by atoms with E-state index >= 15 is 0 Å². The van der Waals surface area contributed by atoms with E-state index in [1.807, 2.05) is 128 Å². The van der Waals surface area contributed by atoms with E-state index in [2.05, 4.69) is 55.1 Å². The van der Waals surface area contributed by atoms with E-state index in [9.17, 15) is 72.2 Å². The number of anilines is 4. The average Bonchev–Trinajstić information content (AvgIpc) is 0.821. The highest BCUT2D eigenvalue weighted by molar-refractivity contribution is 5.96. The maximum Gasteiger partial charge on any atom is 0.306 e. The number of nitrogen functional groups attached to an aromatic ring is 4. The van der Waals surface area contributed by atoms with Gasteiger partial charge >= 0.3 is 5.97 Å². The fourth-order valence-electron chi connectivity index (χ4n) is 17.0. The summed E-state index contributed by atoms with van der Waals surface area (Å²) in [5, 5.41) is 21.1. The molecule has 32 nitrogen and oxygen atoms in total. The number of carboxylic acid groups (broad SMARTS) is 1. The molecule has 0 aliphatic rings. The van der Waals surface area contributed by atoms with Crippen LogP contribution in [-0.2, 0) is 80.0 Å². The van der Waals surface area contributed by atoms with Crippen LogP contribution >= 0.6 is 0 Å². The molecule has 4 rings (SSSR count). The molecular formula is C110H181N13O19. The van der Waals surface area contributed by atoms with Crippen molar-refractivity contribution in [1.29, 1.82) is 0 Å². The Morgan fingerprint density at radius 3 is 1.06 bits per heavy atom. The predicted molar refractivity (Wildman–Crippen MR) is 562 cm³/mol. The Morgan fingerprint density at radius 1 is 0.408 bits per heavy atom. The van der Waals surface area contributed by atoms with E-state index in [1.165, 1.54) is 20.8 Å². The lowest BCUT2D eigenvalue weighted by Gasteiger charge is -2.25. The number of Topliss-reactive ketones (excluding diaryl/α,β-unsaturated/α-hetero) is 8. The van der Waals surface area contributed by atoms with Crippen LogP contribution in [0.5, 0.6) is 23.0 Å². The molecule has 15 N–H and O–H groups in total. The van der Waals surface area contributed by atoms with Gasteiger partial charge in [0.2, 0.25) is 35.5 Å². The molecule has 800 valence electrons. The molecule has 4 aromatic rings. The third-order valence-corrected chi connectivity index (χ3v) is 24.2. The molecule has 2 aromatic heterocycles. The second kappa shape index (κ2) is 72.6. The van der Waals surface area contributed by atoms with Crippen molar-refractivity contribution in [2.45, 2.75) is 381 Å². The monoisotopic (exact) mass is 1990 g/mol. The summed E-state index contributed by atoms with van der Waals surface area (Å²) in [6.07, 6.45) is 26.4. The van der Waals surface area contributed by atoms with Gasteiger partial charge in [-0.2, -0.15) is 9.97 Å². The van der Waals surface area contributed by atoms with Crippen LogP contribution < -0.4 is 68.9 Å². The highest BCUT2D eigenvalue weighted by atomic mass is 16.5. The number of carbonyl (C=O) groups excluding carboxylic acids is 13. The molecular weight excluding hydrogens is 1810 g/mol. The van der Waals surface area contributed by atoms with Gasteiger partial charge in [0, 0.05) is 124 Å². The first kappa shape index (κ1) is 129. The van der Waals surface area contributed by atoms with Crippen LogP contribution in [0, 0.1) is 84.9 Å². The Hall–Kier alpha value is -10.7. The van der Waals surface area contributed by atoms with Gasteiger partial charge in [-0.1, -0.05) is 193 Å². The summed E-state index contributed by atoms with van der Waals surface area (Å²) in [4.78, 5) is 190. The van der Waals surface area contributed by atoms with Crippen LogP contribution in [0.1, 0.15) is 370 Å². The number of unbranched alkanes of at least 4 members (excludes halogenated alkanes) is 11. The molecule has 0 fully saturated rings. The van der Waals surface area contributed by atoms with Crippen LogP contribution in [0.15, 0.2) is 36.7 Å². The second-order valence-electron chi connectivity index (χ2n) is 41.1. The SMILES string of the molecule is CCCC[C@@H](C=O)CC(=O)[C@H](CC(C)C)NC(=O)[C@@H](CC(C)=O)CC(C)C.CCCC[C@H](CC(=O)[C@H](CC(C)C)NC(=O)[C@@H](CC(C)=O)CC(C)C)C(=O)NCCCCCCCC(=O)COc1c(C)cc(Cc2cnc(N)nc2N)cc1OC.CCCC[C@H](CC(=O)[C@H](CC(C)C)NC(=O)[C@H](CC(C)=O)CC(C)C)C(=O)O.COc1cc(Cc2cnc(N)nc2N)cc(C)c1OCC(=O)CCCCCCCN. The van der Waals surface area contributed by atoms with E-state index in [0.29, 0.717) is 125 Å². The highest BCUT2D eigenvalue weighted by Gasteiger charge is 2.35. The molecule has 32 heteroatoms. The Balaban J connectivity index is 0.00000101. The molecule has 2 aromatic carbocycles. The number of nitrogens with two attached hydrogens (primary N) is 5. The molecule has 0 aliphatic heterocycles. The van der Waals surface area contributed by atoms with E-state index in [-0.39, 0.29) is 175 Å². The number of aldehydes is 1. The number of carbonyl (C=O) groups is 14. The number of aliphatic carboxylic acids is 1. The first-order valence-electron chi connectivity index (χ1n) is 52.1. The van der Waals surface area contributed by atoms with Crippen molar-refractivity contribution in [3.8, 4) is 23.0 Å². The minimum Gasteiger partial charge on any atom is -0.493 e. The van der Waals surface area contributed by atoms with Crippen molar-refractivity contribution < 1.29 is 91.2 Å². The minimum atomic E-state index is -0.967. The van der Waals surface area contributed by atoms with E-state index in [4.69, 9.17) is 47.6 Å². The van der Waals surface area contributed by atoms with Crippen molar-refractivity contribution in [2.75, 3.05) is 63.5 Å². The highest BCUT2D eigenvalue weighted by Crippen LogP contribution is 2.37. The number of methoxy groups -OCH3 is 2. The zero-order valence-corrected chi connectivity index (χ0v) is 90.3. The molecule has 0 bridgehead atoms. The van der Waals surface area contributed by atoms with Gasteiger partial charge in [0.1, 0.15) is 48.5 Å². The number of rotatable bonds is 72. The maximum atomic E-state index is 13.6. The molecule has 4 amide bonds. The van der Waals surface area contributed by atoms with E-state index in [1.54, 1.807) is 26.6 Å². The molecule has 142 heavy (non-hydrogen) atoms. The lowest BCUT2D eigenvalue weighted by atomic mass is 9.88. The Kier molecular flexibility index (Phi) is 66.1. The van der Waals surface area contributed by atoms with Crippen molar-refractivity contribution in [2.24, 2.45) is 76.7 Å². The van der Waals surface area contributed by atoms with Crippen LogP contribution in [-0.4, -0.2) is 166 Å². The van der Waals surface area contributed by atoms with Gasteiger partial charge in [0.15, 0.2) is 51.9 Å². The number of carboxylic acids is 1. The van der Waals surface area contributed by atoms with Gasteiger partial charge in [-0.05, 0) is 195 Å². The number of nitrogens with one attached hydrogen (secondary N) is 4. The summed E-state index contributed by atoms with van der Waals surface area (Å²) >= 11 is 0. The van der Waals surface area contributed by atoms with Gasteiger partial charge in [0.05, 0.1) is 38.3 Å². The summed E-state index contributed by atoms with van der Waals surface area (Å²) in [7, 11) is 3.14. The van der Waals surface area contributed by atoms with Crippen molar-refractivity contribution >= 4 is 106 Å². The van der Waals surface area contributed by atoms with Crippen LogP contribution in [0.3, 0.4) is 0 Å². The minimum absolute atomic E-state index is 0.00823. The van der Waals surface area contributed by atoms with Gasteiger partial charge in [0.25, 0.3) is 0 Å². The Labute approximate surface area is 848 Å². The van der Waals surface area contributed by atoms with Gasteiger partial charge < -0.3 is 93.2 Å². The largest absolute Gasteiger partial charge is 0.493 e. The molecule has 0 aliphatic carbocycles. The topological polar surface area (TPSA) is 526 Å². The molecule has 0 spiro atoms. The molecule has 0 unspecified atom stereocenters. The summed E-state index contributed by atoms with van der Waals surface area (Å²) < 4.78 is 22.8. The smallest absolute Gasteiger partial charge is 0.306 e. The van der Waals surface area contributed by atoms with Gasteiger partial charge in [-0.25, -0.2) is 9.97 Å². The molecule has 0 saturated heterocycles. The average molecular weight is 1990 g/mol. The number of aromatic nitrogens is 4. The summed E-state index contributed by atoms with van der Waals surface area (Å²) in [5.41, 5.74) is 33.7. The lowest BCUT2D eigenvalue weighted by molar-refractivity contribution is -0.144. The molecule has 0 saturated carbocycles. The quantitative estimate of drug-likeness (QED) is 0.0145. The number of hydrogen-bond acceptors (Lipinski definition) is 27. The fraction of sp³-hybridized carbons (Fsp3) is 0.691. The van der Waals surface area contributed by atoms with Gasteiger partial charge in [-0.15, -0.1) is 0 Å². The number of ether oxygens (including phenoxy) is 4. The Morgan fingerprint density at radius 2 is 0.739 bits per heavy atom. The predicted octanol–water partition coefficient (Wildman–Crippen LogP) is 17.8. The normalized spacial score (nSPS) is 13.1. The lowest BCUT2D eigenvalue weighted by Crippen LogP contribution is -2.46. The number of amides is 4. The maximum absolute atomic E-state index is 13.6. The molecule has 2 heterocycles. The van der Waals surface area contributed by atoms with E-state index < -0.39 is 53.7 Å². The van der Waals surface area contributed by atoms with Crippen molar-refractivity contribution in [1.82, 2.24) is 41.2 Å². The summed E-state index contributed by atoms with van der Waals surface area (Å²) in [6.45, 7) is 39.5. The van der Waals surface area contributed by atoms with Crippen molar-refractivity contribution in [3.63, 3.8) is 0 Å². The zero-order chi connectivity index (χ0) is 107. The Bertz CT molecular complexity index is 4510. The number of aryl methyl sites for hydroxylation is 2. The van der Waals surface area contributed by atoms with Crippen molar-refractivity contribution in [3.05, 3.63) is 70.0 Å². The third kappa shape index (κ3) is 56.4. The molecule has 0 radical (unpaired) electrons. The number of nitrogens with zero attached hydrogens (tertiary/aromatic N) is 4. The number of hydrogen-bond donors (Lipinski definition) is 10. The fourth-order valence-corrected chi connectivity index (χ4v) is 17.0. The zero-order valence-electron chi connectivity index (χ0n) is 90.3. The van der Waals surface area contributed by atoms with Crippen LogP contribution in [0.25, 0.3) is 0 Å². The first-order valence-corrected chi connectivity index (χ1v) is 52.1. The second-order valence-corrected chi connectivity index (χ2v) is 41.1. The standard InChI is InChI=1S/C44H70N6O7.C22H33N5O3.C22H39NO5.C22H39NO4/c1-9-10-16-33(25-38(53)37(20-29(4)5)49-43(55)34(19-28(2)3)22-31(7)51)42(54)47-18-15-13-11-12-14-17-36(52)27-57-40-30(6)21-32(24-39(40)56-8)23-35-26-48-44(46)50-41(35)45;1-15-10-16(11-17-13-26-22(25)27-21(17)24)12-19(29-2)20(15)30-14-18(28)8-6-4-3-5-7-9-23;1-7-8-9-17(22(27)28)13-20(25)19(11-15(4)5)23-21(26)18(10-14(2)3)12-16(6)24;1-7-8-9-18(14-24)13-21(26)20(11-16(4)5)23-22(27)19(10-15(2)3)12-17(6)25/h21,24,26,28-29,33-34,37H,9-20,22-23,25,27H2,1-8H3,(H,47,54)(H,49,55)(H4,45,46,48,50);10,12-13H,3-9,11,14,23H2,1-2H3,(H4,24,25,26,27);14-15,17-19H,7-13H2,1-6H3,(H,23,26)(H,27,28);14-16,18-20H,7-13H2,1-6H3,(H,23,27)/t33-,34-,37+;;17-,18+,19+;18-,19-,20+/m1.11/s1. The summed E-state index contributed by atoms with van der Waals surface area (Å²) in [5.74, 6) is -0.717. The number of ketones is 8. The van der Waals surface area contributed by atoms with Crippen LogP contribution in [0.4, 0.5) is 23.5 Å².